The molecule has 0 bridgehead atoms. The van der Waals surface area contributed by atoms with Crippen molar-refractivity contribution in [2.24, 2.45) is 17.3 Å². The predicted octanol–water partition coefficient (Wildman–Crippen LogP) is 3.98. The van der Waals surface area contributed by atoms with E-state index < -0.39 is 0 Å². The van der Waals surface area contributed by atoms with E-state index in [2.05, 4.69) is 69.1 Å². The van der Waals surface area contributed by atoms with Gasteiger partial charge in [-0.25, -0.2) is 4.98 Å². The van der Waals surface area contributed by atoms with E-state index in [0.717, 1.165) is 45.7 Å². The Labute approximate surface area is 167 Å². The number of pyridine rings is 1. The molecule has 0 unspecified atom stereocenters. The van der Waals surface area contributed by atoms with Crippen LogP contribution >= 0.6 is 15.9 Å². The largest absolute Gasteiger partial charge is 0.366 e. The first kappa shape index (κ1) is 17.0. The zero-order chi connectivity index (χ0) is 18.8. The fraction of sp³-hybridized carbons (Fsp3) is 0.450. The van der Waals surface area contributed by atoms with Gasteiger partial charge in [-0.3, -0.25) is 4.98 Å². The van der Waals surface area contributed by atoms with Gasteiger partial charge in [0.25, 0.3) is 0 Å². The second-order valence-electron chi connectivity index (χ2n) is 8.29. The summed E-state index contributed by atoms with van der Waals surface area (Å²) < 4.78 is 2.76. The molecule has 1 saturated heterocycles. The van der Waals surface area contributed by atoms with Crippen molar-refractivity contribution in [1.29, 1.82) is 0 Å². The summed E-state index contributed by atoms with van der Waals surface area (Å²) in [4.78, 5) is 11.6. The summed E-state index contributed by atoms with van der Waals surface area (Å²) in [5.41, 5.74) is 2.44. The van der Waals surface area contributed by atoms with Gasteiger partial charge < -0.3 is 10.2 Å². The zero-order valence-corrected chi connectivity index (χ0v) is 17.3. The van der Waals surface area contributed by atoms with Crippen LogP contribution in [0.4, 0.5) is 11.6 Å². The van der Waals surface area contributed by atoms with E-state index in [0.29, 0.717) is 18.0 Å². The first-order valence-corrected chi connectivity index (χ1v) is 10.2. The molecule has 27 heavy (non-hydrogen) atoms. The molecule has 0 aromatic carbocycles. The van der Waals surface area contributed by atoms with Gasteiger partial charge in [-0.2, -0.15) is 9.61 Å². The Hall–Kier alpha value is -2.15. The molecule has 6 nitrogen and oxygen atoms in total. The lowest BCUT2D eigenvalue weighted by atomic mass is 10.0. The minimum Gasteiger partial charge on any atom is -0.366 e. The van der Waals surface area contributed by atoms with Crippen molar-refractivity contribution in [3.05, 3.63) is 46.8 Å². The summed E-state index contributed by atoms with van der Waals surface area (Å²) in [5, 5.41) is 7.98. The topological polar surface area (TPSA) is 58.4 Å². The van der Waals surface area contributed by atoms with Gasteiger partial charge in [0.1, 0.15) is 11.6 Å². The molecule has 0 amide bonds. The average Bonchev–Trinajstić information content (AvgIpc) is 2.95. The van der Waals surface area contributed by atoms with E-state index in [1.807, 2.05) is 16.8 Å². The molecule has 3 aromatic heterocycles. The second kappa shape index (κ2) is 5.92. The number of hydrogen-bond acceptors (Lipinski definition) is 5. The molecule has 7 heteroatoms. The van der Waals surface area contributed by atoms with E-state index in [-0.39, 0.29) is 0 Å². The summed E-state index contributed by atoms with van der Waals surface area (Å²) in [6.07, 6.45) is 5.47. The number of anilines is 2. The van der Waals surface area contributed by atoms with Crippen molar-refractivity contribution in [1.82, 2.24) is 19.6 Å². The molecule has 0 radical (unpaired) electrons. The van der Waals surface area contributed by atoms with Gasteiger partial charge in [0, 0.05) is 37.6 Å². The summed E-state index contributed by atoms with van der Waals surface area (Å²) in [6, 6.07) is 6.65. The number of piperidine rings is 1. The highest BCUT2D eigenvalue weighted by molar-refractivity contribution is 9.10. The molecule has 140 valence electrons. The maximum absolute atomic E-state index is 4.91. The third-order valence-corrected chi connectivity index (χ3v) is 7.01. The van der Waals surface area contributed by atoms with Crippen molar-refractivity contribution in [3.63, 3.8) is 0 Å². The average molecular weight is 427 g/mol. The normalized spacial score (nSPS) is 25.6. The smallest absolute Gasteiger partial charge is 0.173 e. The maximum atomic E-state index is 4.91. The quantitative estimate of drug-likeness (QED) is 0.683. The Morgan fingerprint density at radius 3 is 2.89 bits per heavy atom. The van der Waals surface area contributed by atoms with E-state index in [1.165, 1.54) is 0 Å². The maximum Gasteiger partial charge on any atom is 0.173 e. The van der Waals surface area contributed by atoms with Crippen LogP contribution < -0.4 is 10.2 Å². The Morgan fingerprint density at radius 2 is 2.19 bits per heavy atom. The van der Waals surface area contributed by atoms with Crippen LogP contribution in [-0.4, -0.2) is 32.2 Å². The lowest BCUT2D eigenvalue weighted by molar-refractivity contribution is 0.451. The third-order valence-electron chi connectivity index (χ3n) is 6.45. The number of hydrogen-bond donors (Lipinski definition) is 1. The first-order valence-electron chi connectivity index (χ1n) is 9.40. The summed E-state index contributed by atoms with van der Waals surface area (Å²) in [5.74, 6) is 3.49. The molecule has 5 rings (SSSR count). The minimum absolute atomic E-state index is 0.471. The highest BCUT2D eigenvalue weighted by Crippen LogP contribution is 2.65. The SMILES string of the molecule is C[C@@H]1[C@@H]2[C@H](CN1c1cc(NCc3cccnc3)n3ncc(Br)c3n1)C2(C)C. The number of rotatable bonds is 4. The fourth-order valence-electron chi connectivity index (χ4n) is 4.86. The van der Waals surface area contributed by atoms with Crippen LogP contribution in [0, 0.1) is 17.3 Å². The highest BCUT2D eigenvalue weighted by atomic mass is 79.9. The van der Waals surface area contributed by atoms with Gasteiger partial charge in [0.2, 0.25) is 0 Å². The third kappa shape index (κ3) is 2.63. The molecule has 1 saturated carbocycles. The predicted molar refractivity (Wildman–Crippen MR) is 110 cm³/mol. The van der Waals surface area contributed by atoms with Gasteiger partial charge in [-0.1, -0.05) is 19.9 Å². The first-order chi connectivity index (χ1) is 13.0. The number of aromatic nitrogens is 4. The van der Waals surface area contributed by atoms with Crippen LogP contribution in [0.1, 0.15) is 26.3 Å². The monoisotopic (exact) mass is 426 g/mol. The van der Waals surface area contributed by atoms with E-state index in [1.54, 1.807) is 12.4 Å². The Morgan fingerprint density at radius 1 is 1.33 bits per heavy atom. The molecular weight excluding hydrogens is 404 g/mol. The summed E-state index contributed by atoms with van der Waals surface area (Å²) in [7, 11) is 0. The van der Waals surface area contributed by atoms with E-state index in [9.17, 15) is 0 Å². The van der Waals surface area contributed by atoms with Crippen LogP contribution in [0.25, 0.3) is 5.65 Å². The Kier molecular flexibility index (Phi) is 3.73. The fourth-order valence-corrected chi connectivity index (χ4v) is 5.21. The van der Waals surface area contributed by atoms with Crippen molar-refractivity contribution >= 4 is 33.2 Å². The molecule has 2 fully saturated rings. The molecule has 1 aliphatic heterocycles. The highest BCUT2D eigenvalue weighted by Gasteiger charge is 2.65. The van der Waals surface area contributed by atoms with Gasteiger partial charge >= 0.3 is 0 Å². The molecule has 3 atom stereocenters. The minimum atomic E-state index is 0.471. The molecule has 2 aliphatic rings. The van der Waals surface area contributed by atoms with Crippen molar-refractivity contribution in [2.45, 2.75) is 33.4 Å². The molecule has 1 N–H and O–H groups in total. The Bertz CT molecular complexity index is 998. The lowest BCUT2D eigenvalue weighted by Crippen LogP contribution is -2.34. The van der Waals surface area contributed by atoms with Crippen molar-refractivity contribution in [3.8, 4) is 0 Å². The van der Waals surface area contributed by atoms with Crippen molar-refractivity contribution in [2.75, 3.05) is 16.8 Å². The standard InChI is InChI=1S/C20H23BrN6/c1-12-18-14(20(18,2)3)11-26(12)17-7-16(23-9-13-5-4-6-22-8-13)27-19(25-17)15(21)10-24-27/h4-8,10,12,14,18,23H,9,11H2,1-3H3/t12-,14+,18-/m1/s1. The number of halogens is 1. The summed E-state index contributed by atoms with van der Waals surface area (Å²) in [6.45, 7) is 8.88. The number of fused-ring (bicyclic) bond motifs is 2. The van der Waals surface area contributed by atoms with Crippen LogP contribution in [0.15, 0.2) is 41.3 Å². The van der Waals surface area contributed by atoms with Crippen molar-refractivity contribution < 1.29 is 0 Å². The number of nitrogens with zero attached hydrogens (tertiary/aromatic N) is 5. The zero-order valence-electron chi connectivity index (χ0n) is 15.7. The Balaban J connectivity index is 1.48. The number of nitrogens with one attached hydrogen (secondary N) is 1. The van der Waals surface area contributed by atoms with Gasteiger partial charge in [-0.05, 0) is 51.7 Å². The van der Waals surface area contributed by atoms with Crippen LogP contribution in [0.2, 0.25) is 0 Å². The van der Waals surface area contributed by atoms with Crippen LogP contribution in [0.5, 0.6) is 0 Å². The summed E-state index contributed by atoms with van der Waals surface area (Å²) >= 11 is 3.59. The molecule has 1 aliphatic carbocycles. The molecule has 0 spiro atoms. The van der Waals surface area contributed by atoms with E-state index in [4.69, 9.17) is 4.98 Å². The van der Waals surface area contributed by atoms with Gasteiger partial charge in [-0.15, -0.1) is 0 Å². The second-order valence-corrected chi connectivity index (χ2v) is 9.14. The van der Waals surface area contributed by atoms with Gasteiger partial charge in [0.15, 0.2) is 5.65 Å². The van der Waals surface area contributed by atoms with Gasteiger partial charge in [0.05, 0.1) is 10.7 Å². The molecule has 4 heterocycles. The van der Waals surface area contributed by atoms with E-state index >= 15 is 0 Å². The lowest BCUT2D eigenvalue weighted by Gasteiger charge is -2.29. The molecular formula is C20H23BrN6. The van der Waals surface area contributed by atoms with Crippen LogP contribution in [0.3, 0.4) is 0 Å². The van der Waals surface area contributed by atoms with Crippen LogP contribution in [-0.2, 0) is 6.54 Å². The molecule has 3 aromatic rings.